The Morgan fingerprint density at radius 2 is 2.07 bits per heavy atom. The second kappa shape index (κ2) is 7.97. The van der Waals surface area contributed by atoms with Crippen LogP contribution in [0.5, 0.6) is 5.88 Å². The maximum Gasteiger partial charge on any atom is 0.255 e. The smallest absolute Gasteiger partial charge is 0.255 e. The molecule has 2 aromatic rings. The van der Waals surface area contributed by atoms with Crippen LogP contribution in [0.3, 0.4) is 0 Å². The van der Waals surface area contributed by atoms with Gasteiger partial charge in [-0.2, -0.15) is 19.7 Å². The first kappa shape index (κ1) is 21.0. The number of hydrogen-bond acceptors (Lipinski definition) is 6. The van der Waals surface area contributed by atoms with Gasteiger partial charge in [0, 0.05) is 0 Å². The van der Waals surface area contributed by atoms with Gasteiger partial charge in [-0.1, -0.05) is 13.8 Å². The highest BCUT2D eigenvalue weighted by atomic mass is 19.1. The molecule has 0 amide bonds. The number of rotatable bonds is 6. The van der Waals surface area contributed by atoms with Gasteiger partial charge in [0.2, 0.25) is 11.8 Å². The molecule has 0 bridgehead atoms. The summed E-state index contributed by atoms with van der Waals surface area (Å²) in [6.07, 6.45) is 7.30. The number of nitrogens with zero attached hydrogens (tertiary/aromatic N) is 5. The molecule has 7 nitrogen and oxygen atoms in total. The lowest BCUT2D eigenvalue weighted by atomic mass is 9.73. The minimum absolute atomic E-state index is 0.0465. The normalized spacial score (nSPS) is 17.0. The Morgan fingerprint density at radius 1 is 1.38 bits per heavy atom. The van der Waals surface area contributed by atoms with E-state index < -0.39 is 11.4 Å². The van der Waals surface area contributed by atoms with Crippen molar-refractivity contribution >= 4 is 11.6 Å². The molecule has 0 unspecified atom stereocenters. The number of aromatic nitrogens is 4. The van der Waals surface area contributed by atoms with Crippen LogP contribution in [-0.2, 0) is 5.54 Å². The maximum absolute atomic E-state index is 14.1. The van der Waals surface area contributed by atoms with E-state index in [1.54, 1.807) is 24.7 Å². The number of ether oxygens (including phenoxy) is 1. The summed E-state index contributed by atoms with van der Waals surface area (Å²) in [4.78, 5) is 8.19. The van der Waals surface area contributed by atoms with Crippen LogP contribution in [0.1, 0.15) is 59.1 Å². The minimum Gasteiger partial charge on any atom is -0.475 e. The third-order valence-corrected chi connectivity index (χ3v) is 5.62. The molecule has 0 aliphatic heterocycles. The van der Waals surface area contributed by atoms with E-state index in [-0.39, 0.29) is 11.8 Å². The largest absolute Gasteiger partial charge is 0.475 e. The molecule has 0 saturated heterocycles. The van der Waals surface area contributed by atoms with Crippen LogP contribution in [0.4, 0.5) is 16.0 Å². The third kappa shape index (κ3) is 5.03. The predicted molar refractivity (Wildman–Crippen MR) is 108 cm³/mol. The summed E-state index contributed by atoms with van der Waals surface area (Å²) in [5.41, 5.74) is 0.946. The summed E-state index contributed by atoms with van der Waals surface area (Å²) in [7, 11) is 0. The Labute approximate surface area is 171 Å². The van der Waals surface area contributed by atoms with Crippen LogP contribution in [0.25, 0.3) is 0 Å². The molecule has 156 valence electrons. The van der Waals surface area contributed by atoms with Crippen molar-refractivity contribution in [1.29, 1.82) is 5.26 Å². The standard InChI is InChI=1S/C21H29FN6O/c1-14-17(11-28(27-14)21(4,5)13-23)25-19-24-10-16(22)18(26-19)29-12-15-6-8-20(2,3)9-7-15/h10-11,15H,6-9,12H2,1-5H3,(H,24,25,26). The molecule has 2 aromatic heterocycles. The fourth-order valence-electron chi connectivity index (χ4n) is 3.38. The summed E-state index contributed by atoms with van der Waals surface area (Å²) in [5, 5.41) is 16.7. The summed E-state index contributed by atoms with van der Waals surface area (Å²) >= 11 is 0. The van der Waals surface area contributed by atoms with Gasteiger partial charge in [-0.15, -0.1) is 0 Å². The highest BCUT2D eigenvalue weighted by Crippen LogP contribution is 2.38. The average Bonchev–Trinajstić information content (AvgIpc) is 3.04. The van der Waals surface area contributed by atoms with Crippen molar-refractivity contribution in [2.24, 2.45) is 11.3 Å². The first-order chi connectivity index (χ1) is 13.6. The molecule has 2 heterocycles. The van der Waals surface area contributed by atoms with E-state index in [2.05, 4.69) is 40.3 Å². The van der Waals surface area contributed by atoms with Crippen LogP contribution in [-0.4, -0.2) is 26.4 Å². The van der Waals surface area contributed by atoms with Crippen molar-refractivity contribution in [3.05, 3.63) is 23.9 Å². The lowest BCUT2D eigenvalue weighted by molar-refractivity contribution is 0.137. The fourth-order valence-corrected chi connectivity index (χ4v) is 3.38. The number of aryl methyl sites for hydroxylation is 1. The molecule has 8 heteroatoms. The Bertz CT molecular complexity index is 904. The molecular formula is C21H29FN6O. The molecule has 1 N–H and O–H groups in total. The van der Waals surface area contributed by atoms with Gasteiger partial charge < -0.3 is 10.1 Å². The van der Waals surface area contributed by atoms with Gasteiger partial charge in [-0.25, -0.2) is 4.98 Å². The van der Waals surface area contributed by atoms with Crippen molar-refractivity contribution in [3.63, 3.8) is 0 Å². The molecule has 0 aromatic carbocycles. The average molecular weight is 401 g/mol. The highest BCUT2D eigenvalue weighted by molar-refractivity contribution is 5.55. The van der Waals surface area contributed by atoms with Crippen LogP contribution < -0.4 is 10.1 Å². The van der Waals surface area contributed by atoms with Crippen LogP contribution in [0.15, 0.2) is 12.4 Å². The first-order valence-electron chi connectivity index (χ1n) is 10.00. The maximum atomic E-state index is 14.1. The van der Waals surface area contributed by atoms with Gasteiger partial charge in [0.05, 0.1) is 36.5 Å². The van der Waals surface area contributed by atoms with Crippen LogP contribution in [0, 0.1) is 35.4 Å². The quantitative estimate of drug-likeness (QED) is 0.755. The lowest BCUT2D eigenvalue weighted by Gasteiger charge is -2.34. The molecule has 1 saturated carbocycles. The molecule has 1 fully saturated rings. The second-order valence-electron chi connectivity index (χ2n) is 9.13. The summed E-state index contributed by atoms with van der Waals surface area (Å²) in [6.45, 7) is 10.4. The second-order valence-corrected chi connectivity index (χ2v) is 9.13. The SMILES string of the molecule is Cc1nn(C(C)(C)C#N)cc1Nc1ncc(F)c(OCC2CCC(C)(C)CC2)n1. The van der Waals surface area contributed by atoms with E-state index in [1.807, 2.05) is 6.92 Å². The van der Waals surface area contributed by atoms with Crippen molar-refractivity contribution < 1.29 is 9.13 Å². The molecule has 29 heavy (non-hydrogen) atoms. The zero-order valence-electron chi connectivity index (χ0n) is 17.8. The zero-order chi connectivity index (χ0) is 21.2. The minimum atomic E-state index is -0.781. The lowest BCUT2D eigenvalue weighted by Crippen LogP contribution is -2.25. The predicted octanol–water partition coefficient (Wildman–Crippen LogP) is 4.72. The molecule has 1 aliphatic rings. The Kier molecular flexibility index (Phi) is 5.78. The van der Waals surface area contributed by atoms with Gasteiger partial charge in [0.15, 0.2) is 0 Å². The number of hydrogen-bond donors (Lipinski definition) is 1. The van der Waals surface area contributed by atoms with Crippen LogP contribution >= 0.6 is 0 Å². The van der Waals surface area contributed by atoms with E-state index in [1.165, 1.54) is 0 Å². The monoisotopic (exact) mass is 400 g/mol. The highest BCUT2D eigenvalue weighted by Gasteiger charge is 2.27. The van der Waals surface area contributed by atoms with Gasteiger partial charge in [-0.3, -0.25) is 4.68 Å². The zero-order valence-corrected chi connectivity index (χ0v) is 17.8. The molecule has 3 rings (SSSR count). The molecule has 0 radical (unpaired) electrons. The number of halogens is 1. The molecule has 0 spiro atoms. The fraction of sp³-hybridized carbons (Fsp3) is 0.619. The van der Waals surface area contributed by atoms with E-state index >= 15 is 0 Å². The Balaban J connectivity index is 1.68. The van der Waals surface area contributed by atoms with Gasteiger partial charge in [0.25, 0.3) is 5.88 Å². The molecular weight excluding hydrogens is 371 g/mol. The van der Waals surface area contributed by atoms with Gasteiger partial charge in [-0.05, 0) is 57.8 Å². The molecule has 1 aliphatic carbocycles. The number of nitrogens with one attached hydrogen (secondary N) is 1. The van der Waals surface area contributed by atoms with Crippen molar-refractivity contribution in [2.45, 2.75) is 65.8 Å². The topological polar surface area (TPSA) is 88.7 Å². The van der Waals surface area contributed by atoms with E-state index in [0.29, 0.717) is 29.3 Å². The Hall–Kier alpha value is -2.69. The van der Waals surface area contributed by atoms with Crippen molar-refractivity contribution in [2.75, 3.05) is 11.9 Å². The van der Waals surface area contributed by atoms with E-state index in [9.17, 15) is 9.65 Å². The van der Waals surface area contributed by atoms with E-state index in [0.717, 1.165) is 31.9 Å². The van der Waals surface area contributed by atoms with E-state index in [4.69, 9.17) is 4.74 Å². The molecule has 0 atom stereocenters. The summed E-state index contributed by atoms with van der Waals surface area (Å²) in [5.74, 6) is 0.0190. The Morgan fingerprint density at radius 3 is 2.72 bits per heavy atom. The van der Waals surface area contributed by atoms with Crippen molar-refractivity contribution in [1.82, 2.24) is 19.7 Å². The first-order valence-corrected chi connectivity index (χ1v) is 10.00. The van der Waals surface area contributed by atoms with Crippen molar-refractivity contribution in [3.8, 4) is 11.9 Å². The van der Waals surface area contributed by atoms with Gasteiger partial charge >= 0.3 is 0 Å². The summed E-state index contributed by atoms with van der Waals surface area (Å²) in [6, 6.07) is 2.20. The third-order valence-electron chi connectivity index (χ3n) is 5.62. The number of anilines is 2. The van der Waals surface area contributed by atoms with Gasteiger partial charge in [0.1, 0.15) is 5.54 Å². The number of nitriles is 1. The van der Waals surface area contributed by atoms with Crippen LogP contribution in [0.2, 0.25) is 0 Å². The summed E-state index contributed by atoms with van der Waals surface area (Å²) < 4.78 is 21.4.